The fourth-order valence-electron chi connectivity index (χ4n) is 3.01. The van der Waals surface area contributed by atoms with E-state index in [1.165, 1.54) is 18.4 Å². The fraction of sp³-hybridized carbons (Fsp3) is 0.273. The summed E-state index contributed by atoms with van der Waals surface area (Å²) in [5.74, 6) is -0.199. The number of carbonyl (C=O) groups is 1. The number of hydrogen-bond donors (Lipinski definition) is 0. The van der Waals surface area contributed by atoms with Crippen molar-refractivity contribution in [3.05, 3.63) is 71.0 Å². The Morgan fingerprint density at radius 2 is 2.11 bits per heavy atom. The first-order valence-electron chi connectivity index (χ1n) is 9.13. The number of amides is 1. The maximum atomic E-state index is 12.8. The summed E-state index contributed by atoms with van der Waals surface area (Å²) in [4.78, 5) is 19.0. The summed E-state index contributed by atoms with van der Waals surface area (Å²) < 4.78 is 3.23. The van der Waals surface area contributed by atoms with Gasteiger partial charge in [-0.25, -0.2) is 0 Å². The molecule has 3 rings (SSSR count). The SMILES string of the molecule is C=CCn1c(=NC(=O)c2ccccc2SC)sc2cc(CCCC)ccc21. The smallest absolute Gasteiger partial charge is 0.280 e. The molecule has 0 radical (unpaired) electrons. The van der Waals surface area contributed by atoms with Crippen molar-refractivity contribution in [3.63, 3.8) is 0 Å². The van der Waals surface area contributed by atoms with Gasteiger partial charge in [-0.05, 0) is 48.9 Å². The van der Waals surface area contributed by atoms with Gasteiger partial charge in [-0.1, -0.05) is 49.0 Å². The Hall–Kier alpha value is -2.11. The summed E-state index contributed by atoms with van der Waals surface area (Å²) in [5, 5.41) is 0. The van der Waals surface area contributed by atoms with E-state index in [9.17, 15) is 4.79 Å². The highest BCUT2D eigenvalue weighted by Gasteiger charge is 2.12. The van der Waals surface area contributed by atoms with Gasteiger partial charge in [0.05, 0.1) is 15.8 Å². The van der Waals surface area contributed by atoms with Gasteiger partial charge in [0.25, 0.3) is 5.91 Å². The minimum Gasteiger partial charge on any atom is -0.312 e. The number of benzene rings is 2. The number of unbranched alkanes of at least 4 members (excludes halogenated alkanes) is 1. The molecule has 1 heterocycles. The number of aryl methyl sites for hydroxylation is 1. The molecule has 27 heavy (non-hydrogen) atoms. The van der Waals surface area contributed by atoms with Crippen molar-refractivity contribution in [2.45, 2.75) is 37.6 Å². The van der Waals surface area contributed by atoms with Gasteiger partial charge < -0.3 is 4.57 Å². The monoisotopic (exact) mass is 396 g/mol. The first-order valence-corrected chi connectivity index (χ1v) is 11.2. The summed E-state index contributed by atoms with van der Waals surface area (Å²) in [6.45, 7) is 6.69. The van der Waals surface area contributed by atoms with Gasteiger partial charge in [0.1, 0.15) is 0 Å². The molecule has 3 nitrogen and oxygen atoms in total. The summed E-state index contributed by atoms with van der Waals surface area (Å²) in [6, 6.07) is 14.2. The van der Waals surface area contributed by atoms with Crippen LogP contribution in [0.4, 0.5) is 0 Å². The molecule has 1 aromatic heterocycles. The molecule has 0 aliphatic rings. The first-order chi connectivity index (χ1) is 13.2. The number of fused-ring (bicyclic) bond motifs is 1. The van der Waals surface area contributed by atoms with E-state index in [1.807, 2.05) is 36.6 Å². The van der Waals surface area contributed by atoms with E-state index < -0.39 is 0 Å². The van der Waals surface area contributed by atoms with Crippen molar-refractivity contribution in [1.29, 1.82) is 0 Å². The summed E-state index contributed by atoms with van der Waals surface area (Å²) in [7, 11) is 0. The van der Waals surface area contributed by atoms with Gasteiger partial charge in [-0.3, -0.25) is 4.79 Å². The van der Waals surface area contributed by atoms with E-state index >= 15 is 0 Å². The second kappa shape index (κ2) is 9.20. The Bertz CT molecular complexity index is 1030. The second-order valence-corrected chi connectivity index (χ2v) is 8.16. The van der Waals surface area contributed by atoms with Gasteiger partial charge in [-0.15, -0.1) is 18.3 Å². The van der Waals surface area contributed by atoms with Crippen molar-refractivity contribution in [2.75, 3.05) is 6.26 Å². The molecule has 0 saturated heterocycles. The molecular weight excluding hydrogens is 372 g/mol. The third-order valence-electron chi connectivity index (χ3n) is 4.41. The minimum absolute atomic E-state index is 0.199. The fourth-order valence-corrected chi connectivity index (χ4v) is 4.70. The molecule has 0 unspecified atom stereocenters. The van der Waals surface area contributed by atoms with Gasteiger partial charge in [0, 0.05) is 11.4 Å². The minimum atomic E-state index is -0.199. The molecule has 0 N–H and O–H groups in total. The normalized spacial score (nSPS) is 11.9. The Balaban J connectivity index is 2.08. The molecule has 3 aromatic rings. The van der Waals surface area contributed by atoms with Crippen LogP contribution in [0.1, 0.15) is 35.7 Å². The van der Waals surface area contributed by atoms with Gasteiger partial charge >= 0.3 is 0 Å². The highest BCUT2D eigenvalue weighted by atomic mass is 32.2. The number of rotatable bonds is 7. The highest BCUT2D eigenvalue weighted by molar-refractivity contribution is 7.98. The second-order valence-electron chi connectivity index (χ2n) is 6.31. The number of aromatic nitrogens is 1. The number of nitrogens with zero attached hydrogens (tertiary/aromatic N) is 2. The highest BCUT2D eigenvalue weighted by Crippen LogP contribution is 2.22. The van der Waals surface area contributed by atoms with Crippen molar-refractivity contribution in [2.24, 2.45) is 4.99 Å². The van der Waals surface area contributed by atoms with Gasteiger partial charge in [0.15, 0.2) is 4.80 Å². The molecule has 0 saturated carbocycles. The van der Waals surface area contributed by atoms with Crippen molar-refractivity contribution < 1.29 is 4.79 Å². The van der Waals surface area contributed by atoms with Crippen LogP contribution in [-0.2, 0) is 13.0 Å². The van der Waals surface area contributed by atoms with Crippen LogP contribution >= 0.6 is 23.1 Å². The number of hydrogen-bond acceptors (Lipinski definition) is 3. The Morgan fingerprint density at radius 3 is 2.85 bits per heavy atom. The Labute approximate surface area is 168 Å². The van der Waals surface area contributed by atoms with Crippen LogP contribution in [0, 0.1) is 0 Å². The summed E-state index contributed by atoms with van der Waals surface area (Å²) >= 11 is 3.13. The van der Waals surface area contributed by atoms with Crippen LogP contribution in [0.15, 0.2) is 65.0 Å². The van der Waals surface area contributed by atoms with E-state index in [0.717, 1.165) is 26.3 Å². The molecule has 1 amide bonds. The quantitative estimate of drug-likeness (QED) is 0.379. The van der Waals surface area contributed by atoms with Gasteiger partial charge in [-0.2, -0.15) is 4.99 Å². The van der Waals surface area contributed by atoms with E-state index in [2.05, 4.69) is 41.3 Å². The average Bonchev–Trinajstić information content (AvgIpc) is 3.03. The predicted molar refractivity (Wildman–Crippen MR) is 117 cm³/mol. The number of thioether (sulfide) groups is 1. The van der Waals surface area contributed by atoms with Crippen LogP contribution in [0.5, 0.6) is 0 Å². The maximum absolute atomic E-state index is 12.8. The standard InChI is InChI=1S/C22H24N2OS2/c1-4-6-9-16-12-13-18-20(15-16)27-22(24(18)14-5-2)23-21(25)17-10-7-8-11-19(17)26-3/h5,7-8,10-13,15H,2,4,6,9,14H2,1,3H3. The maximum Gasteiger partial charge on any atom is 0.280 e. The number of allylic oxidation sites excluding steroid dienone is 1. The Kier molecular flexibility index (Phi) is 6.69. The molecule has 2 aromatic carbocycles. The lowest BCUT2D eigenvalue weighted by atomic mass is 10.1. The van der Waals surface area contributed by atoms with E-state index in [-0.39, 0.29) is 5.91 Å². The zero-order chi connectivity index (χ0) is 19.2. The zero-order valence-corrected chi connectivity index (χ0v) is 17.4. The Morgan fingerprint density at radius 1 is 1.30 bits per heavy atom. The molecular formula is C22H24N2OS2. The zero-order valence-electron chi connectivity index (χ0n) is 15.8. The third kappa shape index (κ3) is 4.42. The molecule has 0 spiro atoms. The van der Waals surface area contributed by atoms with Crippen LogP contribution in [0.3, 0.4) is 0 Å². The van der Waals surface area contributed by atoms with Crippen LogP contribution < -0.4 is 4.80 Å². The average molecular weight is 397 g/mol. The van der Waals surface area contributed by atoms with Crippen LogP contribution in [0.25, 0.3) is 10.2 Å². The summed E-state index contributed by atoms with van der Waals surface area (Å²) in [5.41, 5.74) is 3.09. The number of thiazole rings is 1. The molecule has 0 aliphatic heterocycles. The van der Waals surface area contributed by atoms with Crippen LogP contribution in [-0.4, -0.2) is 16.7 Å². The van der Waals surface area contributed by atoms with E-state index in [0.29, 0.717) is 12.1 Å². The molecule has 5 heteroatoms. The van der Waals surface area contributed by atoms with Crippen LogP contribution in [0.2, 0.25) is 0 Å². The summed E-state index contributed by atoms with van der Waals surface area (Å²) in [6.07, 6.45) is 7.27. The largest absolute Gasteiger partial charge is 0.312 e. The van der Waals surface area contributed by atoms with Crippen molar-refractivity contribution in [1.82, 2.24) is 4.57 Å². The van der Waals surface area contributed by atoms with Crippen molar-refractivity contribution in [3.8, 4) is 0 Å². The lowest BCUT2D eigenvalue weighted by Gasteiger charge is -2.04. The molecule has 0 fully saturated rings. The number of carbonyl (C=O) groups excluding carboxylic acids is 1. The predicted octanol–water partition coefficient (Wildman–Crippen LogP) is 5.69. The lowest BCUT2D eigenvalue weighted by Crippen LogP contribution is -2.16. The molecule has 0 atom stereocenters. The molecule has 0 aliphatic carbocycles. The third-order valence-corrected chi connectivity index (χ3v) is 6.25. The van der Waals surface area contributed by atoms with E-state index in [1.54, 1.807) is 23.1 Å². The van der Waals surface area contributed by atoms with E-state index in [4.69, 9.17) is 0 Å². The molecule has 0 bridgehead atoms. The lowest BCUT2D eigenvalue weighted by molar-refractivity contribution is 0.0995. The van der Waals surface area contributed by atoms with Gasteiger partial charge in [0.2, 0.25) is 0 Å². The molecule has 140 valence electrons. The topological polar surface area (TPSA) is 34.4 Å². The first kappa shape index (κ1) is 19.6. The van der Waals surface area contributed by atoms with Crippen molar-refractivity contribution >= 4 is 39.2 Å².